The van der Waals surface area contributed by atoms with Crippen LogP contribution in [0.2, 0.25) is 0 Å². The van der Waals surface area contributed by atoms with Crippen LogP contribution in [0, 0.1) is 5.92 Å². The van der Waals surface area contributed by atoms with Gasteiger partial charge < -0.3 is 15.7 Å². The van der Waals surface area contributed by atoms with Gasteiger partial charge in [-0.05, 0) is 38.9 Å². The Kier molecular flexibility index (Phi) is 3.83. The summed E-state index contributed by atoms with van der Waals surface area (Å²) in [6.45, 7) is 2.43. The van der Waals surface area contributed by atoms with E-state index in [1.807, 2.05) is 7.05 Å². The first-order chi connectivity index (χ1) is 5.38. The minimum atomic E-state index is 0.313. The molecule has 1 rings (SSSR count). The highest BCUT2D eigenvalue weighted by molar-refractivity contribution is 4.79. The number of aliphatic hydroxyl groups is 1. The lowest BCUT2D eigenvalue weighted by atomic mass is 9.96. The molecule has 3 heteroatoms. The molecule has 1 heterocycles. The van der Waals surface area contributed by atoms with Crippen molar-refractivity contribution in [3.05, 3.63) is 0 Å². The number of aliphatic hydroxyl groups excluding tert-OH is 1. The van der Waals surface area contributed by atoms with Crippen molar-refractivity contribution in [1.29, 1.82) is 0 Å². The van der Waals surface area contributed by atoms with Gasteiger partial charge in [-0.2, -0.15) is 0 Å². The normalized spacial score (nSPS) is 33.3. The molecule has 11 heavy (non-hydrogen) atoms. The second-order valence-electron chi connectivity index (χ2n) is 3.17. The molecule has 0 saturated carbocycles. The topological polar surface area (TPSA) is 44.3 Å². The van der Waals surface area contributed by atoms with E-state index in [4.69, 9.17) is 5.11 Å². The zero-order valence-electron chi connectivity index (χ0n) is 7.14. The highest BCUT2D eigenvalue weighted by Crippen LogP contribution is 2.12. The lowest BCUT2D eigenvalue weighted by Gasteiger charge is -2.21. The van der Waals surface area contributed by atoms with Crippen LogP contribution < -0.4 is 10.6 Å². The fourth-order valence-electron chi connectivity index (χ4n) is 1.71. The van der Waals surface area contributed by atoms with Gasteiger partial charge in [0, 0.05) is 12.6 Å². The smallest absolute Gasteiger partial charge is 0.0474 e. The Hall–Kier alpha value is -0.120. The fourth-order valence-corrected chi connectivity index (χ4v) is 1.71. The van der Waals surface area contributed by atoms with Crippen LogP contribution in [-0.2, 0) is 0 Å². The summed E-state index contributed by atoms with van der Waals surface area (Å²) in [6.07, 6.45) is 2.21. The second-order valence-corrected chi connectivity index (χ2v) is 3.17. The van der Waals surface area contributed by atoms with E-state index in [0.717, 1.165) is 25.9 Å². The quantitative estimate of drug-likeness (QED) is 0.511. The maximum absolute atomic E-state index is 9.05. The molecule has 3 nitrogen and oxygen atoms in total. The van der Waals surface area contributed by atoms with Gasteiger partial charge in [0.2, 0.25) is 0 Å². The predicted octanol–water partition coefficient (Wildman–Crippen LogP) is -0.434. The third-order valence-corrected chi connectivity index (χ3v) is 2.50. The third kappa shape index (κ3) is 2.43. The summed E-state index contributed by atoms with van der Waals surface area (Å²) in [6, 6.07) is 0.495. The van der Waals surface area contributed by atoms with Gasteiger partial charge in [-0.3, -0.25) is 0 Å². The van der Waals surface area contributed by atoms with Crippen LogP contribution in [0.3, 0.4) is 0 Å². The number of rotatable bonds is 2. The Balaban J connectivity index is 2.41. The van der Waals surface area contributed by atoms with Gasteiger partial charge in [-0.25, -0.2) is 0 Å². The molecule has 3 N–H and O–H groups in total. The predicted molar refractivity (Wildman–Crippen MR) is 45.5 cm³/mol. The van der Waals surface area contributed by atoms with Crippen LogP contribution in [0.5, 0.6) is 0 Å². The molecule has 0 aromatic carbocycles. The SMILES string of the molecule is CNC1CCNCCC1CO. The standard InChI is InChI=1S/C8H18N2O/c1-9-8-3-5-10-4-2-7(8)6-11/h7-11H,2-6H2,1H3. The Labute approximate surface area is 68.2 Å². The van der Waals surface area contributed by atoms with Gasteiger partial charge in [-0.1, -0.05) is 0 Å². The largest absolute Gasteiger partial charge is 0.396 e. The Morgan fingerprint density at radius 2 is 2.18 bits per heavy atom. The van der Waals surface area contributed by atoms with E-state index in [1.165, 1.54) is 0 Å². The van der Waals surface area contributed by atoms with Gasteiger partial charge in [0.05, 0.1) is 0 Å². The van der Waals surface area contributed by atoms with Crippen LogP contribution in [0.4, 0.5) is 0 Å². The highest BCUT2D eigenvalue weighted by Gasteiger charge is 2.20. The first-order valence-corrected chi connectivity index (χ1v) is 4.37. The van der Waals surface area contributed by atoms with Crippen molar-refractivity contribution < 1.29 is 5.11 Å². The maximum Gasteiger partial charge on any atom is 0.0474 e. The zero-order chi connectivity index (χ0) is 8.10. The molecule has 1 aliphatic rings. The molecule has 1 saturated heterocycles. The summed E-state index contributed by atoms with van der Waals surface area (Å²) < 4.78 is 0. The second kappa shape index (κ2) is 4.70. The third-order valence-electron chi connectivity index (χ3n) is 2.50. The average Bonchev–Trinajstić information content (AvgIpc) is 2.27. The molecule has 1 aliphatic heterocycles. The lowest BCUT2D eigenvalue weighted by Crippen LogP contribution is -2.35. The molecule has 0 aromatic heterocycles. The average molecular weight is 158 g/mol. The molecular formula is C8H18N2O. The summed E-state index contributed by atoms with van der Waals surface area (Å²) in [5, 5.41) is 15.6. The van der Waals surface area contributed by atoms with Crippen molar-refractivity contribution in [3.8, 4) is 0 Å². The van der Waals surface area contributed by atoms with Gasteiger partial charge in [0.15, 0.2) is 0 Å². The molecule has 0 bridgehead atoms. The first kappa shape index (κ1) is 8.97. The summed E-state index contributed by atoms with van der Waals surface area (Å²) in [7, 11) is 1.97. The number of hydrogen-bond donors (Lipinski definition) is 3. The molecule has 2 unspecified atom stereocenters. The molecular weight excluding hydrogens is 140 g/mol. The van der Waals surface area contributed by atoms with Crippen molar-refractivity contribution in [1.82, 2.24) is 10.6 Å². The van der Waals surface area contributed by atoms with Crippen molar-refractivity contribution in [3.63, 3.8) is 0 Å². The lowest BCUT2D eigenvalue weighted by molar-refractivity contribution is 0.189. The molecule has 0 radical (unpaired) electrons. The van der Waals surface area contributed by atoms with E-state index >= 15 is 0 Å². The van der Waals surface area contributed by atoms with Crippen molar-refractivity contribution in [2.24, 2.45) is 5.92 Å². The van der Waals surface area contributed by atoms with E-state index in [-0.39, 0.29) is 0 Å². The Morgan fingerprint density at radius 1 is 1.45 bits per heavy atom. The van der Waals surface area contributed by atoms with Crippen molar-refractivity contribution >= 4 is 0 Å². The monoisotopic (exact) mass is 158 g/mol. The Bertz CT molecular complexity index is 96.3. The van der Waals surface area contributed by atoms with E-state index in [2.05, 4.69) is 10.6 Å². The summed E-state index contributed by atoms with van der Waals surface area (Å²) >= 11 is 0. The highest BCUT2D eigenvalue weighted by atomic mass is 16.3. The van der Waals surface area contributed by atoms with E-state index < -0.39 is 0 Å². The van der Waals surface area contributed by atoms with E-state index in [0.29, 0.717) is 18.6 Å². The van der Waals surface area contributed by atoms with Crippen molar-refractivity contribution in [2.75, 3.05) is 26.7 Å². The maximum atomic E-state index is 9.05. The van der Waals surface area contributed by atoms with Gasteiger partial charge in [0.1, 0.15) is 0 Å². The Morgan fingerprint density at radius 3 is 2.82 bits per heavy atom. The van der Waals surface area contributed by atoms with Crippen LogP contribution in [-0.4, -0.2) is 37.9 Å². The summed E-state index contributed by atoms with van der Waals surface area (Å²) in [4.78, 5) is 0. The van der Waals surface area contributed by atoms with Crippen LogP contribution in [0.25, 0.3) is 0 Å². The van der Waals surface area contributed by atoms with Gasteiger partial charge in [-0.15, -0.1) is 0 Å². The van der Waals surface area contributed by atoms with Gasteiger partial charge in [0.25, 0.3) is 0 Å². The first-order valence-electron chi connectivity index (χ1n) is 4.37. The van der Waals surface area contributed by atoms with Crippen LogP contribution in [0.1, 0.15) is 12.8 Å². The van der Waals surface area contributed by atoms with Crippen LogP contribution >= 0.6 is 0 Å². The number of hydrogen-bond acceptors (Lipinski definition) is 3. The van der Waals surface area contributed by atoms with Gasteiger partial charge >= 0.3 is 0 Å². The minimum Gasteiger partial charge on any atom is -0.396 e. The van der Waals surface area contributed by atoms with E-state index in [1.54, 1.807) is 0 Å². The molecule has 0 amide bonds. The van der Waals surface area contributed by atoms with Crippen LogP contribution in [0.15, 0.2) is 0 Å². The van der Waals surface area contributed by atoms with Crippen molar-refractivity contribution in [2.45, 2.75) is 18.9 Å². The molecule has 0 aliphatic carbocycles. The molecule has 0 aromatic rings. The molecule has 66 valence electrons. The fraction of sp³-hybridized carbons (Fsp3) is 1.00. The molecule has 0 spiro atoms. The zero-order valence-corrected chi connectivity index (χ0v) is 7.14. The van der Waals surface area contributed by atoms with E-state index in [9.17, 15) is 0 Å². The minimum absolute atomic E-state index is 0.313. The summed E-state index contributed by atoms with van der Waals surface area (Å²) in [5.74, 6) is 0.440. The number of nitrogens with one attached hydrogen (secondary N) is 2. The molecule has 2 atom stereocenters. The molecule has 1 fully saturated rings. The summed E-state index contributed by atoms with van der Waals surface area (Å²) in [5.41, 5.74) is 0.